The summed E-state index contributed by atoms with van der Waals surface area (Å²) in [5.74, 6) is 0.291. The number of hydrogen-bond acceptors (Lipinski definition) is 7. The Balaban J connectivity index is 0.00000243. The molecule has 0 amide bonds. The van der Waals surface area contributed by atoms with Crippen molar-refractivity contribution < 1.29 is 9.50 Å². The maximum absolute atomic E-state index is 14.0. The van der Waals surface area contributed by atoms with Gasteiger partial charge in [0.15, 0.2) is 16.6 Å². The van der Waals surface area contributed by atoms with Crippen LogP contribution in [0.3, 0.4) is 0 Å². The minimum atomic E-state index is -0.464. The van der Waals surface area contributed by atoms with E-state index in [1.54, 1.807) is 19.1 Å². The first-order chi connectivity index (χ1) is 12.0. The van der Waals surface area contributed by atoms with Gasteiger partial charge in [0, 0.05) is 41.4 Å². The van der Waals surface area contributed by atoms with Crippen LogP contribution in [0.5, 0.6) is 0 Å². The number of nitrogens with zero attached hydrogens (tertiary/aromatic N) is 2. The van der Waals surface area contributed by atoms with E-state index in [0.717, 1.165) is 11.3 Å². The van der Waals surface area contributed by atoms with Gasteiger partial charge in [-0.25, -0.2) is 14.4 Å². The van der Waals surface area contributed by atoms with Crippen molar-refractivity contribution in [2.75, 3.05) is 11.9 Å². The number of fused-ring (bicyclic) bond motifs is 1. The van der Waals surface area contributed by atoms with Gasteiger partial charge in [-0.3, -0.25) is 9.78 Å². The average molecular weight is 424 g/mol. The largest absolute Gasteiger partial charge is 0.394 e. The molecule has 6 nitrogen and oxygen atoms in total. The summed E-state index contributed by atoms with van der Waals surface area (Å²) >= 11 is 8.01. The van der Waals surface area contributed by atoms with Crippen LogP contribution in [-0.2, 0) is 5.75 Å². The fourth-order valence-corrected chi connectivity index (χ4v) is 3.81. The minimum Gasteiger partial charge on any atom is -0.394 e. The number of hydrogen-bond donors (Lipinski definition) is 3. The van der Waals surface area contributed by atoms with Crippen LogP contribution in [0, 0.1) is 5.82 Å². The molecule has 3 aromatic rings. The van der Waals surface area contributed by atoms with E-state index in [-0.39, 0.29) is 52.1 Å². The number of halogens is 2. The molecule has 3 N–H and O–H groups in total. The van der Waals surface area contributed by atoms with Crippen LogP contribution in [0.4, 0.5) is 10.2 Å². The molecule has 0 aliphatic rings. The second-order valence-electron chi connectivity index (χ2n) is 5.28. The number of thioether (sulfide) groups is 1. The van der Waals surface area contributed by atoms with Gasteiger partial charge in [-0.1, -0.05) is 46.8 Å². The van der Waals surface area contributed by atoms with E-state index in [2.05, 4.69) is 20.3 Å². The zero-order valence-electron chi connectivity index (χ0n) is 14.0. The predicted octanol–water partition coefficient (Wildman–Crippen LogP) is 2.88. The number of aromatic amines is 1. The summed E-state index contributed by atoms with van der Waals surface area (Å²) in [6.45, 7) is 1.71. The average Bonchev–Trinajstić information content (AvgIpc) is 2.96. The Morgan fingerprint density at radius 2 is 2.23 bits per heavy atom. The summed E-state index contributed by atoms with van der Waals surface area (Å²) in [5.41, 5.74) is 0.852. The standard InChI is InChI=1S/C15H14ClFN4O2S2.Na/c1-7(5-22)18-12-11-13(21-15(23)25-11)20-14(19-12)24-6-8-3-2-4-9(16)10(8)17;/h2-4,7,22H,5-6H2,1H3,(H2,18,19,20,21,23);/t7-;/m1./s1. The molecule has 0 saturated carbocycles. The first-order valence-electron chi connectivity index (χ1n) is 7.32. The van der Waals surface area contributed by atoms with Crippen molar-refractivity contribution in [1.82, 2.24) is 15.0 Å². The van der Waals surface area contributed by atoms with E-state index < -0.39 is 5.82 Å². The fraction of sp³-hybridized carbons (Fsp3) is 0.267. The molecule has 2 heterocycles. The third-order valence-electron chi connectivity index (χ3n) is 3.31. The third kappa shape index (κ3) is 4.98. The molecule has 3 rings (SSSR count). The number of aromatic nitrogens is 3. The molecule has 0 saturated heterocycles. The zero-order valence-corrected chi connectivity index (χ0v) is 18.4. The molecule has 0 aliphatic carbocycles. The fourth-order valence-electron chi connectivity index (χ4n) is 2.07. The quantitative estimate of drug-likeness (QED) is 0.321. The van der Waals surface area contributed by atoms with Gasteiger partial charge in [0.2, 0.25) is 0 Å². The second kappa shape index (κ2) is 9.50. The molecule has 1 radical (unpaired) electrons. The number of rotatable bonds is 6. The Kier molecular flexibility index (Phi) is 7.90. The number of nitrogens with one attached hydrogen (secondary N) is 2. The van der Waals surface area contributed by atoms with Crippen LogP contribution in [-0.4, -0.2) is 62.3 Å². The summed E-state index contributed by atoms with van der Waals surface area (Å²) in [6, 6.07) is 4.57. The van der Waals surface area contributed by atoms with Crippen molar-refractivity contribution >= 4 is 80.4 Å². The normalized spacial score (nSPS) is 12.0. The monoisotopic (exact) mass is 423 g/mol. The number of benzene rings is 1. The van der Waals surface area contributed by atoms with Gasteiger partial charge in [-0.2, -0.15) is 0 Å². The number of aliphatic hydroxyl groups excluding tert-OH is 1. The molecular weight excluding hydrogens is 410 g/mol. The van der Waals surface area contributed by atoms with Crippen molar-refractivity contribution in [2.24, 2.45) is 0 Å². The molecule has 0 aliphatic heterocycles. The molecule has 26 heavy (non-hydrogen) atoms. The molecule has 2 aromatic heterocycles. The number of anilines is 1. The summed E-state index contributed by atoms with van der Waals surface area (Å²) in [4.78, 5) is 22.7. The van der Waals surface area contributed by atoms with Crippen LogP contribution < -0.4 is 10.2 Å². The number of aliphatic hydroxyl groups is 1. The maximum Gasteiger partial charge on any atom is 0.306 e. The summed E-state index contributed by atoms with van der Waals surface area (Å²) in [7, 11) is 0. The van der Waals surface area contributed by atoms with Crippen LogP contribution in [0.2, 0.25) is 5.02 Å². The van der Waals surface area contributed by atoms with Gasteiger partial charge in [0.25, 0.3) is 0 Å². The SMILES string of the molecule is C[C@H](CO)Nc1nc(SCc2cccc(Cl)c2F)nc2[nH]c(=O)sc12.[Na]. The maximum atomic E-state index is 14.0. The first-order valence-corrected chi connectivity index (χ1v) is 9.50. The Bertz CT molecular complexity index is 968. The van der Waals surface area contributed by atoms with Gasteiger partial charge in [-0.05, 0) is 18.6 Å². The Labute approximate surface area is 183 Å². The molecule has 0 unspecified atom stereocenters. The van der Waals surface area contributed by atoms with Gasteiger partial charge in [0.05, 0.1) is 11.6 Å². The van der Waals surface area contributed by atoms with Crippen LogP contribution in [0.25, 0.3) is 10.3 Å². The van der Waals surface area contributed by atoms with Crippen molar-refractivity contribution in [1.29, 1.82) is 0 Å². The third-order valence-corrected chi connectivity index (χ3v) is 5.37. The van der Waals surface area contributed by atoms with E-state index in [9.17, 15) is 14.3 Å². The topological polar surface area (TPSA) is 90.9 Å². The smallest absolute Gasteiger partial charge is 0.306 e. The van der Waals surface area contributed by atoms with Crippen LogP contribution in [0.15, 0.2) is 28.2 Å². The Hall–Kier alpha value is -0.680. The Morgan fingerprint density at radius 1 is 1.46 bits per heavy atom. The molecule has 1 aromatic carbocycles. The summed E-state index contributed by atoms with van der Waals surface area (Å²) in [6.07, 6.45) is 0. The summed E-state index contributed by atoms with van der Waals surface area (Å²) < 4.78 is 14.6. The van der Waals surface area contributed by atoms with E-state index >= 15 is 0 Å². The predicted molar refractivity (Wildman–Crippen MR) is 105 cm³/mol. The second-order valence-corrected chi connectivity index (χ2v) is 7.61. The molecule has 0 fully saturated rings. The van der Waals surface area contributed by atoms with Crippen molar-refractivity contribution in [3.05, 3.63) is 44.3 Å². The molecule has 11 heteroatoms. The number of H-pyrrole nitrogens is 1. The molecule has 0 bridgehead atoms. The first kappa shape index (κ1) is 21.6. The minimum absolute atomic E-state index is 0. The number of thiazole rings is 1. The van der Waals surface area contributed by atoms with Crippen LogP contribution >= 0.6 is 34.7 Å². The molecular formula is C15H14ClFN4NaO2S2. The molecule has 1 atom stereocenters. The van der Waals surface area contributed by atoms with E-state index in [4.69, 9.17) is 11.6 Å². The van der Waals surface area contributed by atoms with Gasteiger partial charge in [0.1, 0.15) is 10.5 Å². The van der Waals surface area contributed by atoms with E-state index in [0.29, 0.717) is 32.6 Å². The molecule has 0 spiro atoms. The van der Waals surface area contributed by atoms with Crippen molar-refractivity contribution in [3.63, 3.8) is 0 Å². The van der Waals surface area contributed by atoms with Crippen LogP contribution in [0.1, 0.15) is 12.5 Å². The van der Waals surface area contributed by atoms with E-state index in [1.807, 2.05) is 0 Å². The molecule has 133 valence electrons. The Morgan fingerprint density at radius 3 is 2.96 bits per heavy atom. The van der Waals surface area contributed by atoms with Crippen molar-refractivity contribution in [3.8, 4) is 0 Å². The summed E-state index contributed by atoms with van der Waals surface area (Å²) in [5, 5.41) is 12.7. The van der Waals surface area contributed by atoms with E-state index in [1.165, 1.54) is 17.8 Å². The van der Waals surface area contributed by atoms with Crippen molar-refractivity contribution in [2.45, 2.75) is 23.9 Å². The van der Waals surface area contributed by atoms with Gasteiger partial charge >= 0.3 is 4.87 Å². The zero-order chi connectivity index (χ0) is 18.0. The van der Waals surface area contributed by atoms with Gasteiger partial charge < -0.3 is 10.4 Å². The van der Waals surface area contributed by atoms with Gasteiger partial charge in [-0.15, -0.1) is 0 Å².